The van der Waals surface area contributed by atoms with Crippen LogP contribution in [0.2, 0.25) is 0 Å². The van der Waals surface area contributed by atoms with Crippen LogP contribution in [-0.2, 0) is 16.0 Å². The summed E-state index contributed by atoms with van der Waals surface area (Å²) in [7, 11) is 0. The molecule has 1 spiro atoms. The third-order valence-corrected chi connectivity index (χ3v) is 5.05. The molecule has 1 atom stereocenters. The van der Waals surface area contributed by atoms with Crippen LogP contribution >= 0.6 is 0 Å². The van der Waals surface area contributed by atoms with Crippen LogP contribution in [0.25, 0.3) is 10.4 Å². The Balaban J connectivity index is 1.81. The summed E-state index contributed by atoms with van der Waals surface area (Å²) in [4.78, 5) is 5.29. The van der Waals surface area contributed by atoms with Crippen LogP contribution < -0.4 is 0 Å². The molecule has 2 saturated heterocycles. The van der Waals surface area contributed by atoms with Crippen LogP contribution in [0.5, 0.6) is 0 Å². The van der Waals surface area contributed by atoms with Crippen molar-refractivity contribution in [3.63, 3.8) is 0 Å². The van der Waals surface area contributed by atoms with Crippen LogP contribution in [0.15, 0.2) is 35.4 Å². The van der Waals surface area contributed by atoms with Crippen molar-refractivity contribution in [2.45, 2.75) is 33.1 Å². The quantitative estimate of drug-likeness (QED) is 0.481. The molecule has 0 saturated carbocycles. The second-order valence-corrected chi connectivity index (χ2v) is 8.07. The van der Waals surface area contributed by atoms with Crippen molar-refractivity contribution < 1.29 is 9.47 Å². The Kier molecular flexibility index (Phi) is 4.58. The molecular weight excluding hydrogens is 304 g/mol. The first kappa shape index (κ1) is 17.2. The summed E-state index contributed by atoms with van der Waals surface area (Å²) in [5, 5.41) is 3.85. The Bertz CT molecular complexity index is 617. The summed E-state index contributed by atoms with van der Waals surface area (Å²) in [5.41, 5.74) is 9.69. The molecular formula is C18H26N4O2. The van der Waals surface area contributed by atoms with Crippen molar-refractivity contribution in [3.05, 3.63) is 46.3 Å². The highest BCUT2D eigenvalue weighted by Gasteiger charge is 2.59. The predicted molar refractivity (Wildman–Crippen MR) is 92.3 cm³/mol. The van der Waals surface area contributed by atoms with Crippen LogP contribution in [0.4, 0.5) is 0 Å². The predicted octanol–water partition coefficient (Wildman–Crippen LogP) is 3.59. The summed E-state index contributed by atoms with van der Waals surface area (Å²) in [6.07, 6.45) is 0. The number of likely N-dealkylation sites (tertiary alicyclic amines) is 1. The number of ether oxygens (including phenoxy) is 2. The Morgan fingerprint density at radius 1 is 1.12 bits per heavy atom. The van der Waals surface area contributed by atoms with Crippen LogP contribution in [0.3, 0.4) is 0 Å². The van der Waals surface area contributed by atoms with Gasteiger partial charge in [0.2, 0.25) is 0 Å². The molecule has 0 aliphatic carbocycles. The van der Waals surface area contributed by atoms with E-state index in [9.17, 15) is 0 Å². The molecule has 0 amide bonds. The fourth-order valence-corrected chi connectivity index (χ4v) is 3.61. The lowest BCUT2D eigenvalue weighted by Gasteiger charge is -2.48. The van der Waals surface area contributed by atoms with E-state index in [0.29, 0.717) is 26.3 Å². The maximum atomic E-state index is 8.78. The van der Waals surface area contributed by atoms with E-state index in [-0.39, 0.29) is 10.8 Å². The van der Waals surface area contributed by atoms with Gasteiger partial charge in [-0.1, -0.05) is 56.2 Å². The highest BCUT2D eigenvalue weighted by molar-refractivity contribution is 5.16. The van der Waals surface area contributed by atoms with Gasteiger partial charge < -0.3 is 9.47 Å². The fourth-order valence-electron chi connectivity index (χ4n) is 3.61. The Morgan fingerprint density at radius 3 is 2.42 bits per heavy atom. The van der Waals surface area contributed by atoms with Gasteiger partial charge in [-0.25, -0.2) is 0 Å². The standard InChI is InChI=1S/C18H26N4O2/c1-16(2)13-23-18(24-14-16)12-22(9-15-7-5-4-6-8-15)11-17(18,3)10-20-21-19/h4-8H,9-14H2,1-3H3. The van der Waals surface area contributed by atoms with Gasteiger partial charge in [0.1, 0.15) is 0 Å². The lowest BCUT2D eigenvalue weighted by Crippen LogP contribution is -2.57. The third-order valence-electron chi connectivity index (χ3n) is 5.05. The Morgan fingerprint density at radius 2 is 1.79 bits per heavy atom. The van der Waals surface area contributed by atoms with Crippen LogP contribution in [-0.4, -0.2) is 43.5 Å². The molecule has 2 aliphatic heterocycles. The van der Waals surface area contributed by atoms with Crippen molar-refractivity contribution in [2.75, 3.05) is 32.8 Å². The maximum Gasteiger partial charge on any atom is 0.187 e. The van der Waals surface area contributed by atoms with Gasteiger partial charge in [-0.3, -0.25) is 4.90 Å². The van der Waals surface area contributed by atoms with E-state index in [1.54, 1.807) is 0 Å². The van der Waals surface area contributed by atoms with E-state index in [4.69, 9.17) is 15.0 Å². The van der Waals surface area contributed by atoms with Crippen molar-refractivity contribution in [2.24, 2.45) is 15.9 Å². The fraction of sp³-hybridized carbons (Fsp3) is 0.667. The number of benzene rings is 1. The normalized spacial score (nSPS) is 28.6. The molecule has 2 fully saturated rings. The molecule has 0 aromatic heterocycles. The molecule has 0 N–H and O–H groups in total. The Hall–Kier alpha value is -1.59. The molecule has 6 nitrogen and oxygen atoms in total. The summed E-state index contributed by atoms with van der Waals surface area (Å²) in [5.74, 6) is -0.703. The topological polar surface area (TPSA) is 70.5 Å². The molecule has 130 valence electrons. The SMILES string of the molecule is CC1(C)COC2(CN(Cc3ccccc3)CC2(C)CN=[N+]=[N-])OC1. The molecule has 3 rings (SSSR count). The van der Waals surface area contributed by atoms with Gasteiger partial charge in [-0.2, -0.15) is 0 Å². The summed E-state index contributed by atoms with van der Waals surface area (Å²) in [6, 6.07) is 10.4. The van der Waals surface area contributed by atoms with E-state index in [2.05, 4.69) is 60.0 Å². The van der Waals surface area contributed by atoms with Crippen molar-refractivity contribution in [1.29, 1.82) is 0 Å². The Labute approximate surface area is 143 Å². The molecule has 6 heteroatoms. The average molecular weight is 330 g/mol. The van der Waals surface area contributed by atoms with Gasteiger partial charge in [0.05, 0.1) is 19.8 Å². The van der Waals surface area contributed by atoms with Gasteiger partial charge in [0, 0.05) is 35.4 Å². The lowest BCUT2D eigenvalue weighted by molar-refractivity contribution is -0.326. The van der Waals surface area contributed by atoms with Crippen LogP contribution in [0, 0.1) is 10.8 Å². The molecule has 1 aromatic carbocycles. The number of rotatable bonds is 4. The largest absolute Gasteiger partial charge is 0.347 e. The smallest absolute Gasteiger partial charge is 0.187 e. The van der Waals surface area contributed by atoms with Crippen molar-refractivity contribution >= 4 is 0 Å². The third kappa shape index (κ3) is 3.28. The van der Waals surface area contributed by atoms with E-state index >= 15 is 0 Å². The summed E-state index contributed by atoms with van der Waals surface area (Å²) >= 11 is 0. The highest BCUT2D eigenvalue weighted by Crippen LogP contribution is 2.47. The van der Waals surface area contributed by atoms with Gasteiger partial charge in [0.25, 0.3) is 0 Å². The molecule has 1 aromatic rings. The molecule has 1 unspecified atom stereocenters. The minimum absolute atomic E-state index is 0.0114. The second-order valence-electron chi connectivity index (χ2n) is 8.07. The van der Waals surface area contributed by atoms with Crippen molar-refractivity contribution in [1.82, 2.24) is 4.90 Å². The number of nitrogens with zero attached hydrogens (tertiary/aromatic N) is 4. The van der Waals surface area contributed by atoms with Gasteiger partial charge in [-0.15, -0.1) is 0 Å². The number of hydrogen-bond acceptors (Lipinski definition) is 4. The summed E-state index contributed by atoms with van der Waals surface area (Å²) in [6.45, 7) is 10.4. The van der Waals surface area contributed by atoms with E-state index in [1.807, 2.05) is 6.07 Å². The molecule has 2 aliphatic rings. The van der Waals surface area contributed by atoms with Crippen LogP contribution in [0.1, 0.15) is 26.3 Å². The number of hydrogen-bond donors (Lipinski definition) is 0. The average Bonchev–Trinajstić information content (AvgIpc) is 2.82. The summed E-state index contributed by atoms with van der Waals surface area (Å²) < 4.78 is 12.6. The molecule has 24 heavy (non-hydrogen) atoms. The van der Waals surface area contributed by atoms with E-state index in [1.165, 1.54) is 5.56 Å². The maximum absolute atomic E-state index is 8.78. The first-order valence-corrected chi connectivity index (χ1v) is 8.43. The van der Waals surface area contributed by atoms with Gasteiger partial charge >= 0.3 is 0 Å². The molecule has 0 bridgehead atoms. The molecule has 2 heterocycles. The first-order valence-electron chi connectivity index (χ1n) is 8.43. The zero-order valence-electron chi connectivity index (χ0n) is 14.7. The molecule has 0 radical (unpaired) electrons. The zero-order chi connectivity index (χ0) is 17.3. The minimum atomic E-state index is -0.703. The lowest BCUT2D eigenvalue weighted by atomic mass is 9.82. The minimum Gasteiger partial charge on any atom is -0.347 e. The van der Waals surface area contributed by atoms with Gasteiger partial charge in [0.15, 0.2) is 5.79 Å². The first-order chi connectivity index (χ1) is 11.4. The monoisotopic (exact) mass is 330 g/mol. The highest BCUT2D eigenvalue weighted by atomic mass is 16.7. The van der Waals surface area contributed by atoms with Gasteiger partial charge in [-0.05, 0) is 11.1 Å². The van der Waals surface area contributed by atoms with Crippen molar-refractivity contribution in [3.8, 4) is 0 Å². The second kappa shape index (κ2) is 6.37. The zero-order valence-corrected chi connectivity index (χ0v) is 14.7. The van der Waals surface area contributed by atoms with E-state index in [0.717, 1.165) is 13.1 Å². The van der Waals surface area contributed by atoms with E-state index < -0.39 is 5.79 Å². The number of azide groups is 1.